The predicted octanol–water partition coefficient (Wildman–Crippen LogP) is 3.83. The molecule has 5 nitrogen and oxygen atoms in total. The van der Waals surface area contributed by atoms with Gasteiger partial charge >= 0.3 is 0 Å². The minimum absolute atomic E-state index is 0.0343. The van der Waals surface area contributed by atoms with E-state index >= 15 is 0 Å². The van der Waals surface area contributed by atoms with Gasteiger partial charge in [-0.25, -0.2) is 4.98 Å². The van der Waals surface area contributed by atoms with Crippen molar-refractivity contribution in [3.8, 4) is 0 Å². The van der Waals surface area contributed by atoms with Gasteiger partial charge in [0.05, 0.1) is 12.2 Å². The number of likely N-dealkylation sites (tertiary alicyclic amines) is 1. The smallest absolute Gasteiger partial charge is 0.253 e. The highest BCUT2D eigenvalue weighted by Gasteiger charge is 2.37. The molecule has 3 aromatic rings. The molecule has 3 heterocycles. The maximum atomic E-state index is 12.7. The Balaban J connectivity index is 1.21. The molecule has 1 N–H and O–H groups in total. The molecule has 1 fully saturated rings. The third-order valence-electron chi connectivity index (χ3n) is 6.50. The molecule has 2 aliphatic rings. The minimum atomic E-state index is -0.948. The quantitative estimate of drug-likeness (QED) is 0.680. The van der Waals surface area contributed by atoms with E-state index in [9.17, 15) is 9.90 Å². The van der Waals surface area contributed by atoms with E-state index in [0.717, 1.165) is 36.8 Å². The van der Waals surface area contributed by atoms with Crippen molar-refractivity contribution < 1.29 is 9.90 Å². The highest BCUT2D eigenvalue weighted by atomic mass is 32.1. The van der Waals surface area contributed by atoms with Crippen molar-refractivity contribution >= 4 is 17.2 Å². The number of hydrogen-bond donors (Lipinski definition) is 1. The van der Waals surface area contributed by atoms with Gasteiger partial charge in [-0.1, -0.05) is 42.5 Å². The van der Waals surface area contributed by atoms with E-state index in [-0.39, 0.29) is 5.91 Å². The number of thiazole rings is 1. The van der Waals surface area contributed by atoms with Crippen LogP contribution in [0.3, 0.4) is 0 Å². The lowest BCUT2D eigenvalue weighted by Gasteiger charge is -2.37. The Morgan fingerprint density at radius 2 is 1.71 bits per heavy atom. The molecule has 1 amide bonds. The molecule has 0 spiro atoms. The van der Waals surface area contributed by atoms with Gasteiger partial charge in [0.2, 0.25) is 0 Å². The normalized spacial score (nSPS) is 18.5. The maximum absolute atomic E-state index is 12.7. The van der Waals surface area contributed by atoms with Gasteiger partial charge < -0.3 is 10.0 Å². The number of aromatic nitrogens is 1. The van der Waals surface area contributed by atoms with Crippen LogP contribution < -0.4 is 0 Å². The Labute approximate surface area is 187 Å². The van der Waals surface area contributed by atoms with Gasteiger partial charge in [-0.15, -0.1) is 11.3 Å². The molecule has 0 radical (unpaired) electrons. The van der Waals surface area contributed by atoms with Gasteiger partial charge in [0.25, 0.3) is 5.91 Å². The van der Waals surface area contributed by atoms with Crippen LogP contribution in [0.15, 0.2) is 60.0 Å². The molecule has 0 atom stereocenters. The largest absolute Gasteiger partial charge is 0.383 e. The molecule has 2 aliphatic heterocycles. The topological polar surface area (TPSA) is 56.7 Å². The van der Waals surface area contributed by atoms with Crippen LogP contribution in [0.1, 0.15) is 45.0 Å². The highest BCUT2D eigenvalue weighted by Crippen LogP contribution is 2.34. The lowest BCUT2D eigenvalue weighted by atomic mass is 9.88. The van der Waals surface area contributed by atoms with E-state index < -0.39 is 5.60 Å². The molecule has 0 saturated carbocycles. The zero-order chi connectivity index (χ0) is 21.3. The van der Waals surface area contributed by atoms with Crippen molar-refractivity contribution in [3.05, 3.63) is 87.4 Å². The summed E-state index contributed by atoms with van der Waals surface area (Å²) in [6.45, 7) is 3.88. The molecule has 1 saturated heterocycles. The second-order valence-electron chi connectivity index (χ2n) is 8.55. The van der Waals surface area contributed by atoms with Crippen LogP contribution in [0, 0.1) is 0 Å². The Morgan fingerprint density at radius 3 is 2.48 bits per heavy atom. The van der Waals surface area contributed by atoms with Crippen LogP contribution in [0.4, 0.5) is 0 Å². The van der Waals surface area contributed by atoms with Crippen LogP contribution in [0.2, 0.25) is 0 Å². The van der Waals surface area contributed by atoms with Gasteiger partial charge in [0.15, 0.2) is 0 Å². The van der Waals surface area contributed by atoms with Crippen molar-refractivity contribution in [2.24, 2.45) is 0 Å². The fourth-order valence-corrected chi connectivity index (χ4v) is 5.50. The SMILES string of the molecule is O=C(c1ccccc1)N1CCC(O)(c2csc(CN3CCc4ccccc4C3)n2)CC1. The molecule has 1 aromatic heterocycles. The first-order chi connectivity index (χ1) is 15.1. The number of rotatable bonds is 4. The number of hydrogen-bond acceptors (Lipinski definition) is 5. The number of benzene rings is 2. The summed E-state index contributed by atoms with van der Waals surface area (Å²) in [6, 6.07) is 18.0. The predicted molar refractivity (Wildman–Crippen MR) is 122 cm³/mol. The first kappa shape index (κ1) is 20.4. The van der Waals surface area contributed by atoms with Crippen molar-refractivity contribution in [1.82, 2.24) is 14.8 Å². The summed E-state index contributed by atoms with van der Waals surface area (Å²) in [4.78, 5) is 21.8. The molecule has 6 heteroatoms. The lowest BCUT2D eigenvalue weighted by molar-refractivity contribution is -0.0241. The molecule has 160 valence electrons. The zero-order valence-electron chi connectivity index (χ0n) is 17.5. The molecule has 0 unspecified atom stereocenters. The van der Waals surface area contributed by atoms with E-state index in [1.54, 1.807) is 11.3 Å². The third-order valence-corrected chi connectivity index (χ3v) is 7.33. The summed E-state index contributed by atoms with van der Waals surface area (Å²) < 4.78 is 0. The Kier molecular flexibility index (Phi) is 5.61. The number of aliphatic hydroxyl groups is 1. The number of amides is 1. The van der Waals surface area contributed by atoms with Crippen LogP contribution in [-0.4, -0.2) is 45.4 Å². The lowest BCUT2D eigenvalue weighted by Crippen LogP contribution is -2.45. The Morgan fingerprint density at radius 1 is 1.00 bits per heavy atom. The van der Waals surface area contributed by atoms with Gasteiger partial charge in [-0.2, -0.15) is 0 Å². The number of fused-ring (bicyclic) bond motifs is 1. The monoisotopic (exact) mass is 433 g/mol. The third kappa shape index (κ3) is 4.28. The molecule has 0 aliphatic carbocycles. The minimum Gasteiger partial charge on any atom is -0.383 e. The molecule has 31 heavy (non-hydrogen) atoms. The number of piperidine rings is 1. The summed E-state index contributed by atoms with van der Waals surface area (Å²) in [5, 5.41) is 14.3. The molecule has 0 bridgehead atoms. The van der Waals surface area contributed by atoms with Crippen molar-refractivity contribution in [3.63, 3.8) is 0 Å². The summed E-state index contributed by atoms with van der Waals surface area (Å²) in [5.74, 6) is 0.0343. The van der Waals surface area contributed by atoms with E-state index in [4.69, 9.17) is 4.98 Å². The average molecular weight is 434 g/mol. The van der Waals surface area contributed by atoms with Crippen LogP contribution in [0.5, 0.6) is 0 Å². The fourth-order valence-electron chi connectivity index (χ4n) is 4.58. The van der Waals surface area contributed by atoms with E-state index in [1.165, 1.54) is 11.1 Å². The summed E-state index contributed by atoms with van der Waals surface area (Å²) in [5.41, 5.74) is 3.37. The van der Waals surface area contributed by atoms with Gasteiger partial charge in [0.1, 0.15) is 10.6 Å². The Hall–Kier alpha value is -2.54. The molecule has 2 aromatic carbocycles. The maximum Gasteiger partial charge on any atom is 0.253 e. The number of carbonyl (C=O) groups is 1. The van der Waals surface area contributed by atoms with Crippen LogP contribution in [0.25, 0.3) is 0 Å². The summed E-state index contributed by atoms with van der Waals surface area (Å²) >= 11 is 1.63. The van der Waals surface area contributed by atoms with Gasteiger partial charge in [-0.3, -0.25) is 9.69 Å². The first-order valence-electron chi connectivity index (χ1n) is 10.9. The molecular formula is C25H27N3O2S. The van der Waals surface area contributed by atoms with Gasteiger partial charge in [-0.05, 0) is 42.5 Å². The first-order valence-corrected chi connectivity index (χ1v) is 11.8. The standard InChI is InChI=1S/C25H27N3O2S/c29-24(20-7-2-1-3-8-20)28-14-11-25(30,12-15-28)22-18-31-23(26-22)17-27-13-10-19-6-4-5-9-21(19)16-27/h1-9,18,30H,10-17H2. The second kappa shape index (κ2) is 8.54. The van der Waals surface area contributed by atoms with Crippen molar-refractivity contribution in [2.75, 3.05) is 19.6 Å². The number of carbonyl (C=O) groups excluding carboxylic acids is 1. The Bertz CT molecular complexity index is 1060. The highest BCUT2D eigenvalue weighted by molar-refractivity contribution is 7.09. The van der Waals surface area contributed by atoms with E-state index in [1.807, 2.05) is 40.6 Å². The zero-order valence-corrected chi connectivity index (χ0v) is 18.4. The van der Waals surface area contributed by atoms with Crippen LogP contribution in [-0.2, 0) is 25.1 Å². The van der Waals surface area contributed by atoms with Crippen LogP contribution >= 0.6 is 11.3 Å². The molecular weight excluding hydrogens is 406 g/mol. The summed E-state index contributed by atoms with van der Waals surface area (Å²) in [7, 11) is 0. The van der Waals surface area contributed by atoms with Crippen molar-refractivity contribution in [2.45, 2.75) is 38.0 Å². The van der Waals surface area contributed by atoms with E-state index in [0.29, 0.717) is 31.5 Å². The van der Waals surface area contributed by atoms with Crippen molar-refractivity contribution in [1.29, 1.82) is 0 Å². The van der Waals surface area contributed by atoms with Gasteiger partial charge in [0, 0.05) is 37.1 Å². The fraction of sp³-hybridized carbons (Fsp3) is 0.360. The average Bonchev–Trinajstić information content (AvgIpc) is 3.29. The van der Waals surface area contributed by atoms with E-state index in [2.05, 4.69) is 29.2 Å². The molecule has 5 rings (SSSR count). The second-order valence-corrected chi connectivity index (χ2v) is 9.49. The summed E-state index contributed by atoms with van der Waals surface area (Å²) in [6.07, 6.45) is 2.11. The number of nitrogens with zero attached hydrogens (tertiary/aromatic N) is 3.